The Kier molecular flexibility index (Phi) is 10.1. The van der Waals surface area contributed by atoms with Crippen LogP contribution in [0, 0.1) is 25.2 Å². The minimum absolute atomic E-state index is 0.226. The highest BCUT2D eigenvalue weighted by Gasteiger charge is 2.18. The second kappa shape index (κ2) is 14.2. The molecule has 0 radical (unpaired) electrons. The second-order valence-corrected chi connectivity index (χ2v) is 13.0. The van der Waals surface area contributed by atoms with Gasteiger partial charge in [-0.3, -0.25) is 4.57 Å². The highest BCUT2D eigenvalue weighted by molar-refractivity contribution is 7.51. The summed E-state index contributed by atoms with van der Waals surface area (Å²) in [6.07, 6.45) is -0.231. The van der Waals surface area contributed by atoms with E-state index in [0.717, 1.165) is 50.4 Å². The number of hydrogen-bond acceptors (Lipinski definition) is 7. The first-order chi connectivity index (χ1) is 21.6. The van der Waals surface area contributed by atoms with Crippen molar-refractivity contribution in [2.45, 2.75) is 33.6 Å². The largest absolute Gasteiger partial charge is 0.488 e. The lowest BCUT2D eigenvalue weighted by atomic mass is 9.96. The maximum atomic E-state index is 11.4. The van der Waals surface area contributed by atoms with Crippen LogP contribution in [0.1, 0.15) is 33.4 Å². The summed E-state index contributed by atoms with van der Waals surface area (Å²) in [4.78, 5) is 20.5. The van der Waals surface area contributed by atoms with Crippen molar-refractivity contribution in [2.75, 3.05) is 33.0 Å². The number of nitrogens with zero attached hydrogens (tertiary/aromatic N) is 2. The molecule has 0 unspecified atom stereocenters. The van der Waals surface area contributed by atoms with Crippen LogP contribution in [0.2, 0.25) is 0 Å². The van der Waals surface area contributed by atoms with Crippen molar-refractivity contribution in [1.82, 2.24) is 4.90 Å². The number of benzene rings is 4. The van der Waals surface area contributed by atoms with Gasteiger partial charge in [-0.1, -0.05) is 36.4 Å². The Morgan fingerprint density at radius 3 is 2.42 bits per heavy atom. The third-order valence-electron chi connectivity index (χ3n) is 7.70. The normalized spacial score (nSPS) is 12.6. The number of aryl methyl sites for hydroxylation is 1. The summed E-state index contributed by atoms with van der Waals surface area (Å²) < 4.78 is 35.6. The van der Waals surface area contributed by atoms with Crippen LogP contribution in [0.25, 0.3) is 11.1 Å². The van der Waals surface area contributed by atoms with Crippen LogP contribution >= 0.6 is 7.60 Å². The molecule has 234 valence electrons. The van der Waals surface area contributed by atoms with E-state index < -0.39 is 7.60 Å². The summed E-state index contributed by atoms with van der Waals surface area (Å²) in [5.74, 6) is 2.77. The first-order valence-corrected chi connectivity index (χ1v) is 16.5. The molecule has 4 aromatic rings. The molecule has 45 heavy (non-hydrogen) atoms. The van der Waals surface area contributed by atoms with Gasteiger partial charge in [-0.25, -0.2) is 0 Å². The lowest BCUT2D eigenvalue weighted by Gasteiger charge is -2.22. The maximum Gasteiger partial charge on any atom is 0.326 e. The van der Waals surface area contributed by atoms with Gasteiger partial charge in [-0.2, -0.15) is 5.26 Å². The van der Waals surface area contributed by atoms with E-state index in [0.29, 0.717) is 43.4 Å². The maximum absolute atomic E-state index is 11.4. The Morgan fingerprint density at radius 1 is 0.889 bits per heavy atom. The highest BCUT2D eigenvalue weighted by Crippen LogP contribution is 2.37. The molecule has 0 aromatic heterocycles. The molecule has 1 aliphatic rings. The van der Waals surface area contributed by atoms with Gasteiger partial charge in [0.2, 0.25) is 0 Å². The van der Waals surface area contributed by atoms with Gasteiger partial charge < -0.3 is 33.6 Å². The smallest absolute Gasteiger partial charge is 0.326 e. The topological polar surface area (TPSA) is 121 Å². The van der Waals surface area contributed by atoms with Crippen molar-refractivity contribution in [3.05, 3.63) is 106 Å². The van der Waals surface area contributed by atoms with Gasteiger partial charge >= 0.3 is 7.60 Å². The van der Waals surface area contributed by atoms with Gasteiger partial charge in [0.25, 0.3) is 0 Å². The molecule has 0 aliphatic carbocycles. The Labute approximate surface area is 263 Å². The van der Waals surface area contributed by atoms with Crippen LogP contribution in [0.5, 0.6) is 23.0 Å². The number of hydrogen-bond donors (Lipinski definition) is 2. The molecule has 0 saturated carbocycles. The summed E-state index contributed by atoms with van der Waals surface area (Å²) >= 11 is 0. The molecule has 0 atom stereocenters. The Morgan fingerprint density at radius 2 is 1.64 bits per heavy atom. The van der Waals surface area contributed by atoms with Crippen molar-refractivity contribution < 1.29 is 33.3 Å². The van der Waals surface area contributed by atoms with E-state index in [2.05, 4.69) is 25.1 Å². The van der Waals surface area contributed by atoms with Gasteiger partial charge in [0.1, 0.15) is 37.9 Å². The average Bonchev–Trinajstić information content (AvgIpc) is 3.03. The quantitative estimate of drug-likeness (QED) is 0.172. The standard InChI is InChI=1S/C35H37N2O7P/c1-24-16-30(21-37(3)12-15-45(38,39)40)34(43-22-27-7-4-6-26(17-27)20-36)19-33(24)44-23-29-8-5-9-31(25(29)2)28-10-11-32-35(18-28)42-14-13-41-32/h4-11,16-19H,12-15,21-23H2,1-3H3,(H2,38,39,40). The third kappa shape index (κ3) is 8.44. The lowest BCUT2D eigenvalue weighted by Crippen LogP contribution is -2.22. The Bertz CT molecular complexity index is 1760. The van der Waals surface area contributed by atoms with E-state index in [4.69, 9.17) is 18.9 Å². The summed E-state index contributed by atoms with van der Waals surface area (Å²) in [6, 6.07) is 25.4. The van der Waals surface area contributed by atoms with E-state index in [9.17, 15) is 19.6 Å². The summed E-state index contributed by atoms with van der Waals surface area (Å²) in [7, 11) is -2.30. The summed E-state index contributed by atoms with van der Waals surface area (Å²) in [5.41, 5.74) is 7.44. The molecule has 0 bridgehead atoms. The van der Waals surface area contributed by atoms with E-state index >= 15 is 0 Å². The molecule has 0 fully saturated rings. The fraction of sp³-hybridized carbons (Fsp3) is 0.286. The zero-order valence-corrected chi connectivity index (χ0v) is 26.5. The number of rotatable bonds is 12. The predicted molar refractivity (Wildman–Crippen MR) is 172 cm³/mol. The molecule has 10 heteroatoms. The minimum atomic E-state index is -4.12. The zero-order valence-electron chi connectivity index (χ0n) is 25.7. The first kappa shape index (κ1) is 32.1. The van der Waals surface area contributed by atoms with Crippen LogP contribution in [-0.4, -0.2) is 47.7 Å². The predicted octanol–water partition coefficient (Wildman–Crippen LogP) is 6.38. The van der Waals surface area contributed by atoms with Crippen molar-refractivity contribution in [3.63, 3.8) is 0 Å². The van der Waals surface area contributed by atoms with E-state index in [1.54, 1.807) is 12.1 Å². The van der Waals surface area contributed by atoms with Gasteiger partial charge in [0.05, 0.1) is 17.8 Å². The molecule has 2 N–H and O–H groups in total. The highest BCUT2D eigenvalue weighted by atomic mass is 31.2. The summed E-state index contributed by atoms with van der Waals surface area (Å²) in [6.45, 7) is 6.36. The van der Waals surface area contributed by atoms with Crippen molar-refractivity contribution in [3.8, 4) is 40.2 Å². The monoisotopic (exact) mass is 628 g/mol. The number of nitriles is 1. The second-order valence-electron chi connectivity index (χ2n) is 11.2. The molecule has 0 spiro atoms. The van der Waals surface area contributed by atoms with Crippen LogP contribution in [0.4, 0.5) is 0 Å². The van der Waals surface area contributed by atoms with Crippen LogP contribution < -0.4 is 18.9 Å². The molecule has 0 saturated heterocycles. The molecule has 0 amide bonds. The molecule has 1 aliphatic heterocycles. The van der Waals surface area contributed by atoms with Gasteiger partial charge in [-0.05, 0) is 84.6 Å². The Hall–Kier alpha value is -4.32. The van der Waals surface area contributed by atoms with Gasteiger partial charge in [-0.15, -0.1) is 0 Å². The lowest BCUT2D eigenvalue weighted by molar-refractivity contribution is 0.171. The molecular weight excluding hydrogens is 591 g/mol. The molecule has 1 heterocycles. The van der Waals surface area contributed by atoms with Gasteiger partial charge in [0, 0.05) is 24.7 Å². The van der Waals surface area contributed by atoms with E-state index in [-0.39, 0.29) is 19.3 Å². The van der Waals surface area contributed by atoms with E-state index in [1.807, 2.05) is 67.4 Å². The first-order valence-electron chi connectivity index (χ1n) is 14.7. The molecule has 5 rings (SSSR count). The van der Waals surface area contributed by atoms with Crippen molar-refractivity contribution >= 4 is 7.60 Å². The van der Waals surface area contributed by atoms with Crippen LogP contribution in [-0.2, 0) is 24.3 Å². The van der Waals surface area contributed by atoms with Gasteiger partial charge in [0.15, 0.2) is 11.5 Å². The Balaban J connectivity index is 1.37. The fourth-order valence-corrected chi connectivity index (χ4v) is 5.83. The van der Waals surface area contributed by atoms with Crippen LogP contribution in [0.3, 0.4) is 0 Å². The summed E-state index contributed by atoms with van der Waals surface area (Å²) in [5, 5.41) is 9.29. The number of fused-ring (bicyclic) bond motifs is 1. The minimum Gasteiger partial charge on any atom is -0.488 e. The average molecular weight is 629 g/mol. The van der Waals surface area contributed by atoms with E-state index in [1.165, 1.54) is 0 Å². The van der Waals surface area contributed by atoms with Crippen molar-refractivity contribution in [2.24, 2.45) is 0 Å². The molecular formula is C35H37N2O7P. The number of ether oxygens (including phenoxy) is 4. The third-order valence-corrected chi connectivity index (χ3v) is 8.49. The SMILES string of the molecule is Cc1cc(CN(C)CCP(=O)(O)O)c(OCc2cccc(C#N)c2)cc1OCc1cccc(-c2ccc3c(c2)OCCO3)c1C. The van der Waals surface area contributed by atoms with Crippen molar-refractivity contribution in [1.29, 1.82) is 5.26 Å². The molecule has 9 nitrogen and oxygen atoms in total. The van der Waals surface area contributed by atoms with Crippen LogP contribution in [0.15, 0.2) is 72.8 Å². The zero-order chi connectivity index (χ0) is 32.0. The fourth-order valence-electron chi connectivity index (χ4n) is 5.22. The molecule has 4 aromatic carbocycles.